The highest BCUT2D eigenvalue weighted by Crippen LogP contribution is 2.34. The quantitative estimate of drug-likeness (QED) is 0.363. The van der Waals surface area contributed by atoms with Crippen LogP contribution in [-0.4, -0.2) is 60.1 Å². The zero-order valence-electron chi connectivity index (χ0n) is 16.6. The smallest absolute Gasteiger partial charge is 0.253 e. The van der Waals surface area contributed by atoms with Crippen molar-refractivity contribution in [3.63, 3.8) is 0 Å². The Morgan fingerprint density at radius 2 is 1.86 bits per heavy atom. The summed E-state index contributed by atoms with van der Waals surface area (Å²) in [6.45, 7) is 8.12. The fraction of sp³-hybridized carbons (Fsp3) is 0.579. The Bertz CT molecular complexity index is 692. The molecule has 2 N–H and O–H groups in total. The third kappa shape index (κ3) is 5.74. The number of hydrogen-bond donors (Lipinski definition) is 2. The van der Waals surface area contributed by atoms with Gasteiger partial charge in [0.25, 0.3) is 17.7 Å². The predicted octanol–water partition coefficient (Wildman–Crippen LogP) is 0.225. The van der Waals surface area contributed by atoms with E-state index >= 15 is 0 Å². The van der Waals surface area contributed by atoms with E-state index in [0.717, 1.165) is 4.90 Å². The van der Waals surface area contributed by atoms with Gasteiger partial charge < -0.3 is 20.1 Å². The molecule has 28 heavy (non-hydrogen) atoms. The van der Waals surface area contributed by atoms with Crippen LogP contribution in [0.3, 0.4) is 0 Å². The molecular formula is C19H27N3O6. The maximum Gasteiger partial charge on any atom is 0.253 e. The van der Waals surface area contributed by atoms with Gasteiger partial charge in [-0.15, -0.1) is 0 Å². The first-order chi connectivity index (χ1) is 13.0. The molecule has 0 aromatic heterocycles. The molecule has 1 fully saturated rings. The number of amides is 4. The number of imide groups is 1. The summed E-state index contributed by atoms with van der Waals surface area (Å²) in [6, 6.07) is 0. The van der Waals surface area contributed by atoms with Gasteiger partial charge in [-0.05, 0) is 20.3 Å². The summed E-state index contributed by atoms with van der Waals surface area (Å²) in [6.07, 6.45) is 4.62. The fourth-order valence-electron chi connectivity index (χ4n) is 2.76. The summed E-state index contributed by atoms with van der Waals surface area (Å²) >= 11 is 0. The highest BCUT2D eigenvalue weighted by atomic mass is 16.7. The minimum absolute atomic E-state index is 0.233. The molecule has 2 aliphatic rings. The van der Waals surface area contributed by atoms with E-state index in [-0.39, 0.29) is 24.3 Å². The number of carbonyl (C=O) groups excluding carboxylic acids is 4. The molecule has 0 saturated carbocycles. The van der Waals surface area contributed by atoms with Crippen LogP contribution in [0.25, 0.3) is 0 Å². The highest BCUT2D eigenvalue weighted by molar-refractivity contribution is 6.12. The van der Waals surface area contributed by atoms with E-state index < -0.39 is 23.2 Å². The summed E-state index contributed by atoms with van der Waals surface area (Å²) in [5, 5.41) is 5.18. The Morgan fingerprint density at radius 3 is 2.50 bits per heavy atom. The van der Waals surface area contributed by atoms with Crippen molar-refractivity contribution in [3.8, 4) is 0 Å². The fourth-order valence-corrected chi connectivity index (χ4v) is 2.76. The first-order valence-corrected chi connectivity index (χ1v) is 9.12. The van der Waals surface area contributed by atoms with Crippen molar-refractivity contribution in [3.05, 3.63) is 24.4 Å². The van der Waals surface area contributed by atoms with Crippen LogP contribution in [-0.2, 0) is 28.7 Å². The standard InChI is InChI=1S/C19H27N3O6/c1-18(2)12-27-19(3,4)28-16(18)17(26)21-10-8-13(23)20-9-5-11-22-14(24)6-7-15(22)25/h6-8,10,16H,5,9,11-12H2,1-4H3,(H,20,23)(H,21,26)/b10-8+/t16-/m0/s1. The van der Waals surface area contributed by atoms with Crippen LogP contribution in [0, 0.1) is 5.41 Å². The lowest BCUT2D eigenvalue weighted by Crippen LogP contribution is -2.55. The third-order valence-corrected chi connectivity index (χ3v) is 4.36. The number of ether oxygens (including phenoxy) is 2. The van der Waals surface area contributed by atoms with Crippen molar-refractivity contribution in [2.24, 2.45) is 5.41 Å². The monoisotopic (exact) mass is 393 g/mol. The van der Waals surface area contributed by atoms with Crippen LogP contribution in [0.2, 0.25) is 0 Å². The lowest BCUT2D eigenvalue weighted by Gasteiger charge is -2.44. The normalized spacial score (nSPS) is 23.3. The number of carbonyl (C=O) groups is 4. The average Bonchev–Trinajstić information content (AvgIpc) is 2.92. The second-order valence-electron chi connectivity index (χ2n) is 7.82. The van der Waals surface area contributed by atoms with E-state index in [1.807, 2.05) is 13.8 Å². The van der Waals surface area contributed by atoms with Gasteiger partial charge in [0.2, 0.25) is 5.91 Å². The molecule has 1 atom stereocenters. The van der Waals surface area contributed by atoms with Crippen LogP contribution >= 0.6 is 0 Å². The number of hydrogen-bond acceptors (Lipinski definition) is 6. The van der Waals surface area contributed by atoms with Crippen LogP contribution in [0.5, 0.6) is 0 Å². The average molecular weight is 393 g/mol. The van der Waals surface area contributed by atoms with Gasteiger partial charge in [-0.1, -0.05) is 13.8 Å². The van der Waals surface area contributed by atoms with Crippen molar-refractivity contribution in [1.82, 2.24) is 15.5 Å². The Hall–Kier alpha value is -2.52. The molecule has 154 valence electrons. The van der Waals surface area contributed by atoms with Crippen molar-refractivity contribution >= 4 is 23.6 Å². The van der Waals surface area contributed by atoms with Gasteiger partial charge in [0.1, 0.15) is 6.10 Å². The summed E-state index contributed by atoms with van der Waals surface area (Å²) in [5.41, 5.74) is -0.505. The van der Waals surface area contributed by atoms with Gasteiger partial charge in [0, 0.05) is 42.9 Å². The summed E-state index contributed by atoms with van der Waals surface area (Å²) in [5.74, 6) is -2.30. The summed E-state index contributed by atoms with van der Waals surface area (Å²) in [7, 11) is 0. The number of nitrogens with zero attached hydrogens (tertiary/aromatic N) is 1. The Labute approximate surface area is 164 Å². The van der Waals surface area contributed by atoms with Gasteiger partial charge >= 0.3 is 0 Å². The van der Waals surface area contributed by atoms with Gasteiger partial charge in [-0.3, -0.25) is 24.1 Å². The zero-order chi connectivity index (χ0) is 20.9. The van der Waals surface area contributed by atoms with Crippen LogP contribution in [0.1, 0.15) is 34.1 Å². The molecule has 0 radical (unpaired) electrons. The van der Waals surface area contributed by atoms with Gasteiger partial charge in [-0.2, -0.15) is 0 Å². The molecule has 0 aromatic rings. The number of rotatable bonds is 7. The Balaban J connectivity index is 1.71. The molecule has 0 aromatic carbocycles. The minimum Gasteiger partial charge on any atom is -0.352 e. The van der Waals surface area contributed by atoms with Gasteiger partial charge in [0.15, 0.2) is 5.79 Å². The first-order valence-electron chi connectivity index (χ1n) is 9.12. The largest absolute Gasteiger partial charge is 0.352 e. The van der Waals surface area contributed by atoms with E-state index in [2.05, 4.69) is 10.6 Å². The van der Waals surface area contributed by atoms with E-state index in [0.29, 0.717) is 19.6 Å². The molecule has 2 heterocycles. The molecule has 9 heteroatoms. The maximum absolute atomic E-state index is 12.4. The summed E-state index contributed by atoms with van der Waals surface area (Å²) < 4.78 is 11.3. The van der Waals surface area contributed by atoms with Crippen molar-refractivity contribution in [2.75, 3.05) is 19.7 Å². The molecule has 4 amide bonds. The molecular weight excluding hydrogens is 366 g/mol. The lowest BCUT2D eigenvalue weighted by atomic mass is 9.85. The summed E-state index contributed by atoms with van der Waals surface area (Å²) in [4.78, 5) is 48.1. The second-order valence-corrected chi connectivity index (χ2v) is 7.82. The third-order valence-electron chi connectivity index (χ3n) is 4.36. The minimum atomic E-state index is -0.855. The molecule has 2 aliphatic heterocycles. The molecule has 0 spiro atoms. The van der Waals surface area contributed by atoms with E-state index in [1.54, 1.807) is 13.8 Å². The van der Waals surface area contributed by atoms with Gasteiger partial charge in [-0.25, -0.2) is 0 Å². The Kier molecular flexibility index (Phi) is 6.73. The second kappa shape index (κ2) is 8.66. The molecule has 0 unspecified atom stereocenters. The molecule has 9 nitrogen and oxygen atoms in total. The lowest BCUT2D eigenvalue weighted by molar-refractivity contribution is -0.303. The van der Waals surface area contributed by atoms with E-state index in [4.69, 9.17) is 9.47 Å². The topological polar surface area (TPSA) is 114 Å². The maximum atomic E-state index is 12.4. The highest BCUT2D eigenvalue weighted by Gasteiger charge is 2.45. The van der Waals surface area contributed by atoms with E-state index in [9.17, 15) is 19.2 Å². The van der Waals surface area contributed by atoms with Crippen LogP contribution < -0.4 is 10.6 Å². The van der Waals surface area contributed by atoms with Crippen LogP contribution in [0.15, 0.2) is 24.4 Å². The number of nitrogens with one attached hydrogen (secondary N) is 2. The van der Waals surface area contributed by atoms with Crippen LogP contribution in [0.4, 0.5) is 0 Å². The zero-order valence-corrected chi connectivity index (χ0v) is 16.6. The molecule has 0 bridgehead atoms. The van der Waals surface area contributed by atoms with Crippen molar-refractivity contribution in [1.29, 1.82) is 0 Å². The van der Waals surface area contributed by atoms with Crippen molar-refractivity contribution < 1.29 is 28.7 Å². The SMILES string of the molecule is CC1(C)OCC(C)(C)[C@H](C(=O)N/C=C/C(=O)NCCCN2C(=O)C=CC2=O)O1. The van der Waals surface area contributed by atoms with Crippen molar-refractivity contribution in [2.45, 2.75) is 46.0 Å². The van der Waals surface area contributed by atoms with E-state index in [1.165, 1.54) is 24.4 Å². The van der Waals surface area contributed by atoms with Gasteiger partial charge in [0.05, 0.1) is 6.61 Å². The Morgan fingerprint density at radius 1 is 1.21 bits per heavy atom. The molecule has 1 saturated heterocycles. The molecule has 0 aliphatic carbocycles. The first kappa shape index (κ1) is 21.8. The molecule has 2 rings (SSSR count). The predicted molar refractivity (Wildman–Crippen MR) is 99.5 cm³/mol.